The van der Waals surface area contributed by atoms with E-state index in [0.717, 1.165) is 31.3 Å². The van der Waals surface area contributed by atoms with E-state index in [9.17, 15) is 4.79 Å². The molecule has 2 aliphatic heterocycles. The highest BCUT2D eigenvalue weighted by Crippen LogP contribution is 2.53. The van der Waals surface area contributed by atoms with Crippen LogP contribution in [0.2, 0.25) is 19.6 Å². The van der Waals surface area contributed by atoms with E-state index < -0.39 is 25.6 Å². The second kappa shape index (κ2) is 7.82. The number of esters is 1. The van der Waals surface area contributed by atoms with E-state index in [4.69, 9.17) is 23.7 Å². The fourth-order valence-electron chi connectivity index (χ4n) is 4.89. The van der Waals surface area contributed by atoms with Gasteiger partial charge in [-0.25, -0.2) is 0 Å². The highest BCUT2D eigenvalue weighted by molar-refractivity contribution is 6.83. The summed E-state index contributed by atoms with van der Waals surface area (Å²) in [6.45, 7) is 7.13. The molecule has 0 radical (unpaired) electrons. The lowest BCUT2D eigenvalue weighted by Gasteiger charge is -2.40. The van der Waals surface area contributed by atoms with Gasteiger partial charge in [-0.3, -0.25) is 4.79 Å². The number of carbonyl (C=O) groups is 1. The molecule has 7 heteroatoms. The Balaban J connectivity index is 1.73. The average Bonchev–Trinajstić information content (AvgIpc) is 3.18. The number of hydrogen-bond donors (Lipinski definition) is 0. The molecule has 4 rings (SSSR count). The van der Waals surface area contributed by atoms with Crippen molar-refractivity contribution in [3.63, 3.8) is 0 Å². The number of rotatable bonds is 4. The van der Waals surface area contributed by atoms with Gasteiger partial charge in [0.1, 0.15) is 27.1 Å². The van der Waals surface area contributed by atoms with E-state index in [0.29, 0.717) is 13.0 Å². The third-order valence-corrected chi connectivity index (χ3v) is 7.00. The summed E-state index contributed by atoms with van der Waals surface area (Å²) in [7, 11) is -0.0978. The van der Waals surface area contributed by atoms with E-state index in [1.165, 1.54) is 6.42 Å². The molecule has 0 bridgehead atoms. The monoisotopic (exact) mass is 420 g/mol. The molecular weight excluding hydrogens is 388 g/mol. The summed E-state index contributed by atoms with van der Waals surface area (Å²) in [6.07, 6.45) is 6.83. The minimum atomic E-state index is -1.69. The SMILES string of the molecule is COCOCC1=C[C@@H]2OC3(CCCCC3)O[C@@H]2[C@]2(C#C[Si](C)(C)C)OC(=O)C[C@H]12. The van der Waals surface area contributed by atoms with Crippen molar-refractivity contribution in [2.45, 2.75) is 81.8 Å². The summed E-state index contributed by atoms with van der Waals surface area (Å²) in [5.41, 5.74) is 3.45. The minimum absolute atomic E-state index is 0.181. The standard InChI is InChI=1S/C22H32O6Si/c1-24-15-25-14-16-12-18-20(28-21(26-18)8-6-5-7-9-21)22(10-11-29(2,3)4)17(16)13-19(23)27-22/h12,17-18,20H,5-9,13-15H2,1-4H3/t17-,18+,20+,22-/m1/s1. The van der Waals surface area contributed by atoms with Gasteiger partial charge in [0.2, 0.25) is 5.60 Å². The molecule has 1 saturated carbocycles. The first kappa shape index (κ1) is 21.1. The maximum Gasteiger partial charge on any atom is 0.308 e. The van der Waals surface area contributed by atoms with Crippen LogP contribution in [0.15, 0.2) is 11.6 Å². The summed E-state index contributed by atoms with van der Waals surface area (Å²) in [5.74, 6) is 2.42. The van der Waals surface area contributed by atoms with Crippen LogP contribution < -0.4 is 0 Å². The predicted molar refractivity (Wildman–Crippen MR) is 110 cm³/mol. The zero-order chi connectivity index (χ0) is 20.7. The number of hydrogen-bond acceptors (Lipinski definition) is 6. The van der Waals surface area contributed by atoms with Gasteiger partial charge in [0.25, 0.3) is 0 Å². The fraction of sp³-hybridized carbons (Fsp3) is 0.773. The highest BCUT2D eigenvalue weighted by atomic mass is 28.3. The van der Waals surface area contributed by atoms with Gasteiger partial charge < -0.3 is 23.7 Å². The van der Waals surface area contributed by atoms with Gasteiger partial charge >= 0.3 is 5.97 Å². The van der Waals surface area contributed by atoms with Gasteiger partial charge in [-0.2, -0.15) is 0 Å². The Morgan fingerprint density at radius 2 is 1.97 bits per heavy atom. The maximum absolute atomic E-state index is 12.5. The van der Waals surface area contributed by atoms with Crippen molar-refractivity contribution in [2.75, 3.05) is 20.5 Å². The minimum Gasteiger partial charge on any atom is -0.442 e. The smallest absolute Gasteiger partial charge is 0.308 e. The van der Waals surface area contributed by atoms with Crippen LogP contribution in [-0.4, -0.2) is 58.1 Å². The van der Waals surface area contributed by atoms with Gasteiger partial charge in [-0.1, -0.05) is 38.1 Å². The zero-order valence-corrected chi connectivity index (χ0v) is 18.9. The van der Waals surface area contributed by atoms with E-state index in [1.54, 1.807) is 7.11 Å². The van der Waals surface area contributed by atoms with Crippen molar-refractivity contribution < 1.29 is 28.5 Å². The van der Waals surface area contributed by atoms with Crippen LogP contribution in [0.25, 0.3) is 0 Å². The Morgan fingerprint density at radius 1 is 1.21 bits per heavy atom. The van der Waals surface area contributed by atoms with Crippen molar-refractivity contribution in [1.29, 1.82) is 0 Å². The number of carbonyl (C=O) groups excluding carboxylic acids is 1. The van der Waals surface area contributed by atoms with Gasteiger partial charge in [-0.05, 0) is 18.4 Å². The molecule has 0 amide bonds. The lowest BCUT2D eigenvalue weighted by Crippen LogP contribution is -2.54. The first-order valence-electron chi connectivity index (χ1n) is 10.7. The van der Waals surface area contributed by atoms with Crippen LogP contribution in [0.5, 0.6) is 0 Å². The molecule has 0 aromatic rings. The fourth-order valence-corrected chi connectivity index (χ4v) is 5.46. The largest absolute Gasteiger partial charge is 0.442 e. The molecule has 0 aromatic carbocycles. The topological polar surface area (TPSA) is 63.2 Å². The predicted octanol–water partition coefficient (Wildman–Crippen LogP) is 3.17. The van der Waals surface area contributed by atoms with E-state index in [-0.39, 0.29) is 24.8 Å². The van der Waals surface area contributed by atoms with Crippen LogP contribution in [0.1, 0.15) is 38.5 Å². The first-order chi connectivity index (χ1) is 13.8. The summed E-state index contributed by atoms with van der Waals surface area (Å²) in [6, 6.07) is 0. The number of ether oxygens (including phenoxy) is 5. The molecule has 3 fully saturated rings. The average molecular weight is 421 g/mol. The summed E-state index contributed by atoms with van der Waals surface area (Å²) >= 11 is 0. The van der Waals surface area contributed by atoms with Crippen molar-refractivity contribution in [3.05, 3.63) is 11.6 Å². The summed E-state index contributed by atoms with van der Waals surface area (Å²) < 4.78 is 29.8. The molecule has 0 N–H and O–H groups in total. The Morgan fingerprint density at radius 3 is 2.66 bits per heavy atom. The normalized spacial score (nSPS) is 35.4. The van der Waals surface area contributed by atoms with Crippen LogP contribution in [0.3, 0.4) is 0 Å². The Hall–Kier alpha value is -1.17. The van der Waals surface area contributed by atoms with E-state index >= 15 is 0 Å². The van der Waals surface area contributed by atoms with Crippen LogP contribution in [0.4, 0.5) is 0 Å². The lowest BCUT2D eigenvalue weighted by molar-refractivity contribution is -0.206. The van der Waals surface area contributed by atoms with Crippen molar-refractivity contribution >= 4 is 14.0 Å². The molecule has 0 aromatic heterocycles. The number of methoxy groups -OCH3 is 1. The van der Waals surface area contributed by atoms with Gasteiger partial charge in [0.05, 0.1) is 13.0 Å². The van der Waals surface area contributed by atoms with Crippen molar-refractivity contribution in [2.24, 2.45) is 5.92 Å². The molecule has 29 heavy (non-hydrogen) atoms. The Kier molecular flexibility index (Phi) is 5.68. The highest BCUT2D eigenvalue weighted by Gasteiger charge is 2.65. The second-order valence-electron chi connectivity index (χ2n) is 9.61. The zero-order valence-electron chi connectivity index (χ0n) is 17.9. The quantitative estimate of drug-likeness (QED) is 0.174. The van der Waals surface area contributed by atoms with Crippen LogP contribution in [0, 0.1) is 17.4 Å². The third kappa shape index (κ3) is 4.06. The molecule has 6 nitrogen and oxygen atoms in total. The van der Waals surface area contributed by atoms with E-state index in [1.807, 2.05) is 0 Å². The molecule has 2 saturated heterocycles. The Bertz CT molecular complexity index is 739. The lowest BCUT2D eigenvalue weighted by atomic mass is 9.72. The molecule has 0 unspecified atom stereocenters. The molecular formula is C22H32O6Si. The summed E-state index contributed by atoms with van der Waals surface area (Å²) in [5, 5.41) is 0. The number of fused-ring (bicyclic) bond motifs is 3. The maximum atomic E-state index is 12.5. The Labute approximate surface area is 174 Å². The summed E-state index contributed by atoms with van der Waals surface area (Å²) in [4.78, 5) is 12.5. The molecule has 2 aliphatic carbocycles. The van der Waals surface area contributed by atoms with Gasteiger partial charge in [0, 0.05) is 25.9 Å². The first-order valence-corrected chi connectivity index (χ1v) is 14.2. The van der Waals surface area contributed by atoms with Crippen molar-refractivity contribution in [3.8, 4) is 11.5 Å². The molecule has 160 valence electrons. The molecule has 4 aliphatic rings. The van der Waals surface area contributed by atoms with E-state index in [2.05, 4.69) is 37.2 Å². The second-order valence-corrected chi connectivity index (χ2v) is 14.4. The van der Waals surface area contributed by atoms with Gasteiger partial charge in [0.15, 0.2) is 5.79 Å². The van der Waals surface area contributed by atoms with Crippen LogP contribution >= 0.6 is 0 Å². The third-order valence-electron chi connectivity index (χ3n) is 6.13. The van der Waals surface area contributed by atoms with Crippen LogP contribution in [-0.2, 0) is 28.5 Å². The molecule has 4 atom stereocenters. The molecule has 1 spiro atoms. The van der Waals surface area contributed by atoms with Gasteiger partial charge in [-0.15, -0.1) is 5.54 Å². The molecule has 2 heterocycles. The van der Waals surface area contributed by atoms with Crippen molar-refractivity contribution in [1.82, 2.24) is 0 Å².